The Morgan fingerprint density at radius 1 is 0.364 bits per heavy atom. The molecule has 2 heterocycles. The molecule has 0 N–H and O–H groups in total. The largest absolute Gasteiger partial charge is 0.468 e. The van der Waals surface area contributed by atoms with E-state index in [4.69, 9.17) is 66.3 Å². The Hall–Kier alpha value is -6.18. The van der Waals surface area contributed by atoms with Crippen molar-refractivity contribution in [3.63, 3.8) is 0 Å². The van der Waals surface area contributed by atoms with Crippen LogP contribution in [0.3, 0.4) is 0 Å². The fourth-order valence-corrected chi connectivity index (χ4v) is 11.6. The third kappa shape index (κ3) is 17.8. The minimum atomic E-state index is 0. The molecule has 0 amide bonds. The molecule has 2 aliphatic carbocycles. The number of fused-ring (bicyclic) bond motifs is 2. The van der Waals surface area contributed by atoms with Crippen molar-refractivity contribution in [2.75, 3.05) is 80.4 Å². The predicted octanol–water partition coefficient (Wildman–Crippen LogP) is 15.2. The van der Waals surface area contributed by atoms with Gasteiger partial charge in [0.05, 0.1) is 12.2 Å². The van der Waals surface area contributed by atoms with Crippen LogP contribution in [0.1, 0.15) is 85.5 Å². The van der Waals surface area contributed by atoms with Gasteiger partial charge in [0.1, 0.15) is 46.0 Å². The Labute approximate surface area is 545 Å². The van der Waals surface area contributed by atoms with Gasteiger partial charge in [0.25, 0.3) is 0 Å². The Morgan fingerprint density at radius 3 is 1.22 bits per heavy atom. The third-order valence-corrected chi connectivity index (χ3v) is 16.6. The molecule has 0 atom stereocenters. The van der Waals surface area contributed by atoms with E-state index in [0.29, 0.717) is 63.0 Å². The summed E-state index contributed by atoms with van der Waals surface area (Å²) in [5.41, 5.74) is 6.92. The second-order valence-corrected chi connectivity index (χ2v) is 22.8. The molecule has 462 valence electrons. The summed E-state index contributed by atoms with van der Waals surface area (Å²) >= 11 is 0. The third-order valence-electron chi connectivity index (χ3n) is 16.6. The van der Waals surface area contributed by atoms with E-state index in [1.807, 2.05) is 78.9 Å². The molecule has 2 saturated carbocycles. The zero-order valence-corrected chi connectivity index (χ0v) is 55.9. The van der Waals surface area contributed by atoms with E-state index in [1.54, 1.807) is 0 Å². The normalized spacial score (nSPS) is 18.4. The Kier molecular flexibility index (Phi) is 23.9. The van der Waals surface area contributed by atoms with Gasteiger partial charge in [-0.25, -0.2) is 11.8 Å². The molecule has 0 unspecified atom stereocenters. The fraction of sp³-hybridized carbons (Fsp3) is 0.361. The maximum atomic E-state index is 6.60. The quantitative estimate of drug-likeness (QED) is 0.0250. The number of benzene rings is 8. The average molecular weight is 1530 g/mol. The molecule has 0 radical (unpaired) electrons. The summed E-state index contributed by atoms with van der Waals surface area (Å²) in [6.45, 7) is 8.99. The van der Waals surface area contributed by atoms with Gasteiger partial charge in [-0.15, -0.1) is 0 Å². The average Bonchev–Trinajstić information content (AvgIpc) is 1.23. The summed E-state index contributed by atoms with van der Waals surface area (Å²) in [5.74, 6) is 9.24. The molecule has 0 aromatic heterocycles. The van der Waals surface area contributed by atoms with Crippen molar-refractivity contribution in [1.82, 2.24) is 0 Å². The van der Waals surface area contributed by atoms with E-state index in [1.165, 1.54) is 28.5 Å². The van der Waals surface area contributed by atoms with E-state index < -0.39 is 0 Å². The molecule has 0 bridgehead atoms. The van der Waals surface area contributed by atoms with Crippen LogP contribution in [-0.4, -0.2) is 92.6 Å². The zero-order valence-electron chi connectivity index (χ0n) is 50.0. The predicted molar refractivity (Wildman–Crippen MR) is 329 cm³/mol. The fourth-order valence-electron chi connectivity index (χ4n) is 11.6. The summed E-state index contributed by atoms with van der Waals surface area (Å²) in [5, 5.41) is 4.34. The van der Waals surface area contributed by atoms with E-state index in [-0.39, 0.29) is 95.1 Å². The molecular weight excluding hydrogens is 1460 g/mol. The number of rotatable bonds is 29. The first kappa shape index (κ1) is 64.8. The Balaban J connectivity index is 0.00000428. The van der Waals surface area contributed by atoms with Crippen LogP contribution >= 0.6 is 0 Å². The summed E-state index contributed by atoms with van der Waals surface area (Å²) in [6.07, 6.45) is 8.39. The van der Waals surface area contributed by atoms with Crippen molar-refractivity contribution < 1.29 is 108 Å². The van der Waals surface area contributed by atoms with E-state index in [9.17, 15) is 0 Å². The molecule has 16 heteroatoms. The Bertz CT molecular complexity index is 3420. The van der Waals surface area contributed by atoms with Crippen LogP contribution in [-0.2, 0) is 70.6 Å². The van der Waals surface area contributed by atoms with Crippen molar-refractivity contribution in [1.29, 1.82) is 0 Å². The monoisotopic (exact) mass is 1530 g/mol. The molecule has 0 spiro atoms. The van der Waals surface area contributed by atoms with Crippen LogP contribution in [0.2, 0.25) is 0 Å². The SMILES string of the molecule is Cc1ccc2c(-c3c(OCOc4ccc(C5CCC(OCOc6ccc(OCOC[C-]7COC7)cc6)CC5)cc4)ccc4cc(C)ccc34)cc(OCOc3ccc(C4CCC(OCOc5ccc(OCOC[C-]6COC6)cc5)CC4)cc3)cc2c1.[W].[W]. The van der Waals surface area contributed by atoms with E-state index in [0.717, 1.165) is 124 Å². The van der Waals surface area contributed by atoms with Gasteiger partial charge in [-0.3, -0.25) is 0 Å². The molecule has 8 aromatic carbocycles. The standard InChI is InChI=1S/C72H76O14.2W/c1-49-4-31-69-57(33-49)13-32-71(86-48-84-62-20-11-56(12-21-62)54-7-16-60(17-8-54)80-46-82-66-28-24-64(25-29-66)78-44-76-42-52-39-74-40-52)72(69)70-36-67(35-58-34-50(2)3-30-68(58)70)85-47-83-61-18-9-55(10-19-61)53-5-14-59(15-6-53)79-45-81-65-26-22-63(23-27-65)77-43-75-41-51-37-73-38-51;;/h3-4,9-13,18-36,53-54,59-60H,5-8,14-17,37-48H2,1-2H3;;/q-2;;. The van der Waals surface area contributed by atoms with Gasteiger partial charge in [-0.05, 0) is 206 Å². The van der Waals surface area contributed by atoms with Gasteiger partial charge >= 0.3 is 0 Å². The summed E-state index contributed by atoms with van der Waals surface area (Å²) in [6, 6.07) is 53.4. The molecule has 2 aliphatic heterocycles. The van der Waals surface area contributed by atoms with E-state index >= 15 is 0 Å². The van der Waals surface area contributed by atoms with Gasteiger partial charge < -0.3 is 66.3 Å². The molecule has 4 fully saturated rings. The number of hydrogen-bond acceptors (Lipinski definition) is 14. The van der Waals surface area contributed by atoms with Gasteiger partial charge in [-0.1, -0.05) is 117 Å². The number of ether oxygens (including phenoxy) is 14. The molecule has 88 heavy (non-hydrogen) atoms. The molecule has 2 saturated heterocycles. The van der Waals surface area contributed by atoms with Gasteiger partial charge in [0.15, 0.2) is 27.2 Å². The first-order valence-electron chi connectivity index (χ1n) is 30.1. The summed E-state index contributed by atoms with van der Waals surface area (Å²) in [4.78, 5) is 0. The molecular formula is C72H76O14W2-2. The van der Waals surface area contributed by atoms with Crippen LogP contribution in [0.25, 0.3) is 32.7 Å². The minimum absolute atomic E-state index is 0. The minimum Gasteiger partial charge on any atom is -0.468 e. The van der Waals surface area contributed by atoms with Crippen molar-refractivity contribution in [2.45, 2.75) is 89.3 Å². The number of aryl methyl sites for hydroxylation is 2. The van der Waals surface area contributed by atoms with Crippen LogP contribution in [0.5, 0.6) is 46.0 Å². The molecule has 12 rings (SSSR count). The van der Waals surface area contributed by atoms with Crippen LogP contribution in [0, 0.1) is 25.7 Å². The van der Waals surface area contributed by atoms with Crippen LogP contribution in [0.4, 0.5) is 0 Å². The molecule has 14 nitrogen and oxygen atoms in total. The second-order valence-electron chi connectivity index (χ2n) is 22.8. The summed E-state index contributed by atoms with van der Waals surface area (Å²) < 4.78 is 82.4. The maximum absolute atomic E-state index is 6.60. The van der Waals surface area contributed by atoms with Crippen molar-refractivity contribution in [3.8, 4) is 57.1 Å². The van der Waals surface area contributed by atoms with Gasteiger partial charge in [-0.2, -0.15) is 0 Å². The second kappa shape index (κ2) is 32.5. The maximum Gasteiger partial charge on any atom is 0.230 e. The van der Waals surface area contributed by atoms with Crippen molar-refractivity contribution in [3.05, 3.63) is 192 Å². The van der Waals surface area contributed by atoms with E-state index in [2.05, 4.69) is 92.7 Å². The summed E-state index contributed by atoms with van der Waals surface area (Å²) in [7, 11) is 0. The molecule has 4 aliphatic rings. The zero-order chi connectivity index (χ0) is 58.3. The topological polar surface area (TPSA) is 129 Å². The van der Waals surface area contributed by atoms with Gasteiger partial charge in [0.2, 0.25) is 13.6 Å². The first-order chi connectivity index (χ1) is 42.4. The number of hydrogen-bond donors (Lipinski definition) is 0. The Morgan fingerprint density at radius 2 is 0.761 bits per heavy atom. The first-order valence-corrected chi connectivity index (χ1v) is 30.1. The van der Waals surface area contributed by atoms with Crippen molar-refractivity contribution >= 4 is 21.5 Å². The molecule has 8 aromatic rings. The smallest absolute Gasteiger partial charge is 0.230 e. The van der Waals surface area contributed by atoms with Crippen LogP contribution in [0.15, 0.2) is 158 Å². The van der Waals surface area contributed by atoms with Crippen molar-refractivity contribution in [2.24, 2.45) is 0 Å². The van der Waals surface area contributed by atoms with Crippen LogP contribution < -0.4 is 37.9 Å². The van der Waals surface area contributed by atoms with Gasteiger partial charge in [0, 0.05) is 47.7 Å².